The van der Waals surface area contributed by atoms with Crippen molar-refractivity contribution in [1.82, 2.24) is 0 Å². The summed E-state index contributed by atoms with van der Waals surface area (Å²) in [6.45, 7) is 0.334. The van der Waals surface area contributed by atoms with E-state index < -0.39 is 64.3 Å². The molecule has 0 bridgehead atoms. The number of hydrogen-bond acceptors (Lipinski definition) is 3. The van der Waals surface area contributed by atoms with E-state index in [0.717, 1.165) is 12.1 Å². The van der Waals surface area contributed by atoms with Gasteiger partial charge in [-0.2, -0.15) is 56.7 Å². The van der Waals surface area contributed by atoms with Crippen molar-refractivity contribution in [2.75, 3.05) is 6.61 Å². The fourth-order valence-corrected chi connectivity index (χ4v) is 2.94. The van der Waals surface area contributed by atoms with Gasteiger partial charge in [-0.3, -0.25) is 4.18 Å². The number of alkyl halides is 11. The van der Waals surface area contributed by atoms with Crippen LogP contribution in [0, 0.1) is 6.92 Å². The van der Waals surface area contributed by atoms with E-state index >= 15 is 0 Å². The Labute approximate surface area is 162 Å². The Balaban J connectivity index is 2.88. The molecular weight excluding hydrogens is 469 g/mol. The summed E-state index contributed by atoms with van der Waals surface area (Å²) in [5.74, 6) is -28.1. The Kier molecular flexibility index (Phi) is 7.15. The Morgan fingerprint density at radius 3 is 1.67 bits per heavy atom. The van der Waals surface area contributed by atoms with Crippen molar-refractivity contribution < 1.29 is 60.9 Å². The molecule has 0 N–H and O–H groups in total. The Morgan fingerprint density at radius 2 is 1.23 bits per heavy atom. The third-order valence-corrected chi connectivity index (χ3v) is 5.11. The van der Waals surface area contributed by atoms with Gasteiger partial charge in [0.05, 0.1) is 11.5 Å². The topological polar surface area (TPSA) is 43.4 Å². The minimum absolute atomic E-state index is 0.457. The zero-order valence-corrected chi connectivity index (χ0v) is 15.5. The highest BCUT2D eigenvalue weighted by Crippen LogP contribution is 2.58. The van der Waals surface area contributed by atoms with Gasteiger partial charge in [0.25, 0.3) is 10.1 Å². The van der Waals surface area contributed by atoms with Crippen LogP contribution >= 0.6 is 0 Å². The molecule has 0 radical (unpaired) electrons. The molecule has 0 atom stereocenters. The lowest BCUT2D eigenvalue weighted by Gasteiger charge is -2.37. The molecule has 0 spiro atoms. The molecule has 0 saturated carbocycles. The highest BCUT2D eigenvalue weighted by atomic mass is 32.2. The minimum Gasteiger partial charge on any atom is -0.266 e. The van der Waals surface area contributed by atoms with Crippen molar-refractivity contribution in [3.63, 3.8) is 0 Å². The van der Waals surface area contributed by atoms with Crippen molar-refractivity contribution in [3.8, 4) is 0 Å². The van der Waals surface area contributed by atoms with Crippen LogP contribution in [0.25, 0.3) is 0 Å². The highest BCUT2D eigenvalue weighted by Gasteiger charge is 2.86. The average molecular weight is 482 g/mol. The first kappa shape index (κ1) is 26.4. The van der Waals surface area contributed by atoms with Gasteiger partial charge in [-0.15, -0.1) is 0 Å². The molecule has 0 saturated heterocycles. The minimum atomic E-state index is -7.49. The van der Waals surface area contributed by atoms with Crippen LogP contribution in [-0.2, 0) is 14.3 Å². The van der Waals surface area contributed by atoms with E-state index in [0.29, 0.717) is 5.56 Å². The molecule has 1 aromatic carbocycles. The van der Waals surface area contributed by atoms with Crippen LogP contribution < -0.4 is 0 Å². The lowest BCUT2D eigenvalue weighted by molar-refractivity contribution is -0.422. The molecule has 0 heterocycles. The molecule has 174 valence electrons. The molecule has 0 aliphatic carbocycles. The van der Waals surface area contributed by atoms with E-state index in [1.165, 1.54) is 12.1 Å². The van der Waals surface area contributed by atoms with Crippen molar-refractivity contribution in [1.29, 1.82) is 0 Å². The van der Waals surface area contributed by atoms with Gasteiger partial charge < -0.3 is 0 Å². The second-order valence-corrected chi connectivity index (χ2v) is 7.73. The zero-order chi connectivity index (χ0) is 23.8. The maximum Gasteiger partial charge on any atom is 0.460 e. The number of rotatable bonds is 9. The zero-order valence-electron chi connectivity index (χ0n) is 14.7. The monoisotopic (exact) mass is 482 g/mol. The summed E-state index contributed by atoms with van der Waals surface area (Å²) >= 11 is 0. The van der Waals surface area contributed by atoms with E-state index in [9.17, 15) is 56.7 Å². The van der Waals surface area contributed by atoms with Gasteiger partial charge >= 0.3 is 29.9 Å². The fraction of sp³-hybridized carbons (Fsp3) is 0.600. The van der Waals surface area contributed by atoms with Gasteiger partial charge in [-0.25, -0.2) is 0 Å². The van der Waals surface area contributed by atoms with Crippen molar-refractivity contribution in [2.24, 2.45) is 0 Å². The fourth-order valence-electron chi connectivity index (χ4n) is 2.00. The van der Waals surface area contributed by atoms with Crippen molar-refractivity contribution in [3.05, 3.63) is 29.8 Å². The summed E-state index contributed by atoms with van der Waals surface area (Å²) in [5.41, 5.74) is 0.632. The number of benzene rings is 1. The normalized spacial score (nSPS) is 14.8. The second-order valence-electron chi connectivity index (χ2n) is 6.12. The summed E-state index contributed by atoms with van der Waals surface area (Å²) in [5, 5.41) is 0. The molecular formula is C15H13F11O3S. The third kappa shape index (κ3) is 4.81. The van der Waals surface area contributed by atoms with Crippen molar-refractivity contribution >= 4 is 10.1 Å². The summed E-state index contributed by atoms with van der Waals surface area (Å²) in [6.07, 6.45) is -11.0. The molecule has 0 aliphatic heterocycles. The number of halogens is 11. The number of aryl methyl sites for hydroxylation is 1. The first-order valence-electron chi connectivity index (χ1n) is 7.75. The second kappa shape index (κ2) is 8.13. The highest BCUT2D eigenvalue weighted by molar-refractivity contribution is 7.86. The molecule has 15 heteroatoms. The first-order chi connectivity index (χ1) is 13.2. The van der Waals surface area contributed by atoms with Crippen LogP contribution in [0.4, 0.5) is 48.3 Å². The summed E-state index contributed by atoms with van der Waals surface area (Å²) < 4.78 is 169. The number of hydrogen-bond donors (Lipinski definition) is 0. The van der Waals surface area contributed by atoms with Crippen LogP contribution in [0.5, 0.6) is 0 Å². The van der Waals surface area contributed by atoms with Gasteiger partial charge in [0.2, 0.25) is 0 Å². The third-order valence-electron chi connectivity index (χ3n) is 3.79. The van der Waals surface area contributed by atoms with E-state index in [-0.39, 0.29) is 0 Å². The Bertz CT molecular complexity index is 830. The van der Waals surface area contributed by atoms with Gasteiger partial charge in [0.15, 0.2) is 0 Å². The summed E-state index contributed by atoms with van der Waals surface area (Å²) in [7, 11) is -4.55. The van der Waals surface area contributed by atoms with Crippen LogP contribution in [0.15, 0.2) is 29.2 Å². The van der Waals surface area contributed by atoms with E-state index in [4.69, 9.17) is 0 Å². The largest absolute Gasteiger partial charge is 0.460 e. The molecule has 0 aliphatic rings. The van der Waals surface area contributed by atoms with Crippen LogP contribution in [0.3, 0.4) is 0 Å². The molecule has 30 heavy (non-hydrogen) atoms. The Hall–Kier alpha value is -1.64. The molecule has 0 fully saturated rings. The quantitative estimate of drug-likeness (QED) is 0.262. The predicted molar refractivity (Wildman–Crippen MR) is 79.4 cm³/mol. The Morgan fingerprint density at radius 1 is 0.767 bits per heavy atom. The molecule has 0 aromatic heterocycles. The maximum atomic E-state index is 13.5. The standard InChI is InChI=1S/C15H13F11O3S/c1-9-3-5-10(6-4-9)30(27,28)29-8-2-7-11(16,17)12(18,19)13(20,21)14(22,23)15(24,25)26/h3-6H,2,7-8H2,1H3. The van der Waals surface area contributed by atoms with E-state index in [1.54, 1.807) is 6.92 Å². The predicted octanol–water partition coefficient (Wildman–Crippen LogP) is 5.58. The average Bonchev–Trinajstić information content (AvgIpc) is 2.57. The van der Waals surface area contributed by atoms with E-state index in [2.05, 4.69) is 4.18 Å². The van der Waals surface area contributed by atoms with Gasteiger partial charge in [-0.05, 0) is 25.5 Å². The first-order valence-corrected chi connectivity index (χ1v) is 9.15. The summed E-state index contributed by atoms with van der Waals surface area (Å²) in [4.78, 5) is -0.457. The van der Waals surface area contributed by atoms with Crippen molar-refractivity contribution in [2.45, 2.75) is 54.5 Å². The molecule has 1 rings (SSSR count). The van der Waals surface area contributed by atoms with Gasteiger partial charge in [-0.1, -0.05) is 17.7 Å². The SMILES string of the molecule is Cc1ccc(S(=O)(=O)OCCCC(F)(F)C(F)(F)C(F)(F)C(F)(F)C(F)(F)F)cc1. The lowest BCUT2D eigenvalue weighted by Crippen LogP contribution is -2.66. The lowest BCUT2D eigenvalue weighted by atomic mass is 9.95. The van der Waals surface area contributed by atoms with Crippen LogP contribution in [0.2, 0.25) is 0 Å². The van der Waals surface area contributed by atoms with E-state index in [1.807, 2.05) is 0 Å². The molecule has 0 amide bonds. The molecule has 1 aromatic rings. The van der Waals surface area contributed by atoms with Gasteiger partial charge in [0, 0.05) is 6.42 Å². The maximum absolute atomic E-state index is 13.5. The van der Waals surface area contributed by atoms with Gasteiger partial charge in [0.1, 0.15) is 0 Å². The molecule has 3 nitrogen and oxygen atoms in total. The smallest absolute Gasteiger partial charge is 0.266 e. The summed E-state index contributed by atoms with van der Waals surface area (Å²) in [6, 6.07) is 4.75. The van der Waals surface area contributed by atoms with Crippen LogP contribution in [-0.4, -0.2) is 44.9 Å². The molecule has 0 unspecified atom stereocenters. The van der Waals surface area contributed by atoms with Crippen LogP contribution in [0.1, 0.15) is 18.4 Å².